The van der Waals surface area contributed by atoms with Crippen LogP contribution >= 0.6 is 0 Å². The summed E-state index contributed by atoms with van der Waals surface area (Å²) in [6.07, 6.45) is 5.36. The van der Waals surface area contributed by atoms with Gasteiger partial charge in [0.05, 0.1) is 18.1 Å². The number of hydrogen-bond acceptors (Lipinski definition) is 5. The molecule has 0 radical (unpaired) electrons. The van der Waals surface area contributed by atoms with E-state index in [2.05, 4.69) is 9.97 Å². The smallest absolute Gasteiger partial charge is 0.247 e. The van der Waals surface area contributed by atoms with Crippen molar-refractivity contribution in [1.82, 2.24) is 9.97 Å². The van der Waals surface area contributed by atoms with Crippen LogP contribution in [0.5, 0.6) is 0 Å². The number of anilines is 1. The molecule has 0 spiro atoms. The van der Waals surface area contributed by atoms with Crippen LogP contribution in [0.25, 0.3) is 0 Å². The maximum absolute atomic E-state index is 12.3. The van der Waals surface area contributed by atoms with Crippen LogP contribution in [-0.4, -0.2) is 41.8 Å². The maximum atomic E-state index is 12.3. The Labute approximate surface area is 107 Å². The van der Waals surface area contributed by atoms with E-state index in [1.807, 2.05) is 0 Å². The highest BCUT2D eigenvalue weighted by Crippen LogP contribution is 2.22. The van der Waals surface area contributed by atoms with Crippen molar-refractivity contribution in [2.75, 3.05) is 17.7 Å². The fourth-order valence-corrected chi connectivity index (χ4v) is 1.79. The number of carbonyl (C=O) groups is 1. The molecule has 18 heavy (non-hydrogen) atoms. The van der Waals surface area contributed by atoms with Gasteiger partial charge in [0.1, 0.15) is 11.1 Å². The monoisotopic (exact) mass is 271 g/mol. The number of rotatable bonds is 4. The summed E-state index contributed by atoms with van der Waals surface area (Å²) < 4.78 is 21.9. The number of aromatic nitrogens is 2. The molecule has 0 atom stereocenters. The Morgan fingerprint density at radius 1 is 1.33 bits per heavy atom. The second kappa shape index (κ2) is 5.01. The first-order chi connectivity index (χ1) is 8.21. The molecule has 1 aromatic rings. The van der Waals surface area contributed by atoms with Gasteiger partial charge in [-0.2, -0.15) is 0 Å². The molecule has 0 N–H and O–H groups in total. The zero-order valence-corrected chi connectivity index (χ0v) is 11.7. The lowest BCUT2D eigenvalue weighted by atomic mass is 10.1. The first-order valence-corrected chi connectivity index (χ1v) is 7.37. The predicted molar refractivity (Wildman–Crippen MR) is 69.0 cm³/mol. The molecule has 1 rings (SSSR count). The van der Waals surface area contributed by atoms with Crippen molar-refractivity contribution in [1.29, 1.82) is 0 Å². The summed E-state index contributed by atoms with van der Waals surface area (Å²) in [4.78, 5) is 21.3. The van der Waals surface area contributed by atoms with E-state index in [0.29, 0.717) is 12.2 Å². The molecule has 0 aliphatic rings. The van der Waals surface area contributed by atoms with Gasteiger partial charge in [0, 0.05) is 12.8 Å². The van der Waals surface area contributed by atoms with Crippen molar-refractivity contribution in [3.05, 3.63) is 18.7 Å². The third-order valence-electron chi connectivity index (χ3n) is 2.86. The van der Waals surface area contributed by atoms with E-state index < -0.39 is 20.5 Å². The van der Waals surface area contributed by atoms with E-state index >= 15 is 0 Å². The molecule has 1 amide bonds. The Bertz CT molecular complexity index is 526. The molecule has 1 aromatic heterocycles. The number of hydrogen-bond donors (Lipinski definition) is 0. The molecule has 6 nitrogen and oxygen atoms in total. The molecule has 0 unspecified atom stereocenters. The molecule has 0 aliphatic carbocycles. The van der Waals surface area contributed by atoms with Gasteiger partial charge >= 0.3 is 0 Å². The Balaban J connectivity index is 3.16. The molecule has 0 saturated heterocycles. The SMILES string of the molecule is CCN(C(=O)C(C)(C)S(C)(=O)=O)c1cncnc1. The minimum Gasteiger partial charge on any atom is -0.308 e. The average molecular weight is 271 g/mol. The number of amides is 1. The normalized spacial score (nSPS) is 12.2. The second-order valence-corrected chi connectivity index (χ2v) is 6.99. The van der Waals surface area contributed by atoms with Crippen molar-refractivity contribution in [3.8, 4) is 0 Å². The molecule has 100 valence electrons. The highest BCUT2D eigenvalue weighted by atomic mass is 32.2. The minimum absolute atomic E-state index is 0.352. The van der Waals surface area contributed by atoms with Gasteiger partial charge in [-0.15, -0.1) is 0 Å². The molecular weight excluding hydrogens is 254 g/mol. The van der Waals surface area contributed by atoms with Gasteiger partial charge in [0.25, 0.3) is 0 Å². The molecule has 0 aromatic carbocycles. The van der Waals surface area contributed by atoms with Crippen LogP contribution in [0.2, 0.25) is 0 Å². The van der Waals surface area contributed by atoms with Crippen molar-refractivity contribution in [2.24, 2.45) is 0 Å². The van der Waals surface area contributed by atoms with Crippen LogP contribution in [0.15, 0.2) is 18.7 Å². The third kappa shape index (κ3) is 2.66. The molecule has 0 bridgehead atoms. The van der Waals surface area contributed by atoms with E-state index in [0.717, 1.165) is 6.26 Å². The van der Waals surface area contributed by atoms with E-state index in [1.165, 1.54) is 37.5 Å². The lowest BCUT2D eigenvalue weighted by molar-refractivity contribution is -0.120. The van der Waals surface area contributed by atoms with E-state index in [1.54, 1.807) is 6.92 Å². The van der Waals surface area contributed by atoms with Gasteiger partial charge in [-0.1, -0.05) is 0 Å². The standard InChI is InChI=1S/C11H17N3O3S/c1-5-14(9-6-12-8-13-7-9)10(15)11(2,3)18(4,16)17/h6-8H,5H2,1-4H3. The third-order valence-corrected chi connectivity index (χ3v) is 4.89. The quantitative estimate of drug-likeness (QED) is 0.803. The van der Waals surface area contributed by atoms with E-state index in [9.17, 15) is 13.2 Å². The van der Waals surface area contributed by atoms with Crippen LogP contribution in [-0.2, 0) is 14.6 Å². The average Bonchev–Trinajstić information content (AvgIpc) is 2.29. The predicted octanol–water partition coefficient (Wildman–Crippen LogP) is 0.653. The fraction of sp³-hybridized carbons (Fsp3) is 0.545. The molecular formula is C11H17N3O3S. The summed E-state index contributed by atoms with van der Waals surface area (Å²) in [5, 5.41) is 0. The lowest BCUT2D eigenvalue weighted by Gasteiger charge is -2.29. The summed E-state index contributed by atoms with van der Waals surface area (Å²) in [6, 6.07) is 0. The summed E-state index contributed by atoms with van der Waals surface area (Å²) in [5.41, 5.74) is 0.488. The van der Waals surface area contributed by atoms with Crippen LogP contribution in [0.4, 0.5) is 5.69 Å². The minimum atomic E-state index is -3.50. The first kappa shape index (κ1) is 14.6. The van der Waals surface area contributed by atoms with Gasteiger partial charge in [0.15, 0.2) is 9.84 Å². The summed E-state index contributed by atoms with van der Waals surface area (Å²) >= 11 is 0. The highest BCUT2D eigenvalue weighted by molar-refractivity contribution is 7.92. The molecule has 7 heteroatoms. The zero-order valence-electron chi connectivity index (χ0n) is 10.9. The maximum Gasteiger partial charge on any atom is 0.247 e. The van der Waals surface area contributed by atoms with Gasteiger partial charge in [0.2, 0.25) is 5.91 Å². The molecule has 1 heterocycles. The van der Waals surface area contributed by atoms with Crippen LogP contribution in [0, 0.1) is 0 Å². The van der Waals surface area contributed by atoms with Crippen molar-refractivity contribution in [3.63, 3.8) is 0 Å². The summed E-state index contributed by atoms with van der Waals surface area (Å²) in [6.45, 7) is 4.92. The van der Waals surface area contributed by atoms with Crippen LogP contribution in [0.3, 0.4) is 0 Å². The Kier molecular flexibility index (Phi) is 4.05. The topological polar surface area (TPSA) is 80.2 Å². The van der Waals surface area contributed by atoms with Gasteiger partial charge in [-0.05, 0) is 20.8 Å². The molecule has 0 aliphatic heterocycles. The molecule has 0 saturated carbocycles. The van der Waals surface area contributed by atoms with Crippen LogP contribution in [0.1, 0.15) is 20.8 Å². The Morgan fingerprint density at radius 2 is 1.83 bits per heavy atom. The lowest BCUT2D eigenvalue weighted by Crippen LogP contribution is -2.50. The Morgan fingerprint density at radius 3 is 2.22 bits per heavy atom. The second-order valence-electron chi connectivity index (χ2n) is 4.43. The van der Waals surface area contributed by atoms with Crippen LogP contribution < -0.4 is 4.90 Å². The molecule has 0 fully saturated rings. The number of carbonyl (C=O) groups excluding carboxylic acids is 1. The highest BCUT2D eigenvalue weighted by Gasteiger charge is 2.41. The number of nitrogens with zero attached hydrogens (tertiary/aromatic N) is 3. The van der Waals surface area contributed by atoms with Crippen molar-refractivity contribution < 1.29 is 13.2 Å². The van der Waals surface area contributed by atoms with Crippen molar-refractivity contribution in [2.45, 2.75) is 25.5 Å². The van der Waals surface area contributed by atoms with Gasteiger partial charge < -0.3 is 4.90 Å². The van der Waals surface area contributed by atoms with Crippen molar-refractivity contribution >= 4 is 21.4 Å². The van der Waals surface area contributed by atoms with Gasteiger partial charge in [-0.25, -0.2) is 18.4 Å². The van der Waals surface area contributed by atoms with E-state index in [-0.39, 0.29) is 0 Å². The number of sulfone groups is 1. The van der Waals surface area contributed by atoms with E-state index in [4.69, 9.17) is 0 Å². The first-order valence-electron chi connectivity index (χ1n) is 5.48. The summed E-state index contributed by atoms with van der Waals surface area (Å²) in [7, 11) is -3.50. The largest absolute Gasteiger partial charge is 0.308 e. The zero-order chi connectivity index (χ0) is 14.0. The fourth-order valence-electron chi connectivity index (χ4n) is 1.36. The summed E-state index contributed by atoms with van der Waals surface area (Å²) in [5.74, 6) is -0.484. The van der Waals surface area contributed by atoms with Gasteiger partial charge in [-0.3, -0.25) is 4.79 Å². The Hall–Kier alpha value is -1.50.